The topological polar surface area (TPSA) is 12.4 Å². The van der Waals surface area contributed by atoms with Gasteiger partial charge in [-0.05, 0) is 41.9 Å². The summed E-state index contributed by atoms with van der Waals surface area (Å²) < 4.78 is 0. The molecule has 0 amide bonds. The van der Waals surface area contributed by atoms with Crippen LogP contribution in [0.5, 0.6) is 0 Å². The molecule has 92 valence electrons. The minimum Gasteiger partial charge on any atom is -0.255 e. The third-order valence-electron chi connectivity index (χ3n) is 4.17. The zero-order valence-electron chi connectivity index (χ0n) is 10.8. The maximum atomic E-state index is 4.57. The van der Waals surface area contributed by atoms with Crippen LogP contribution in [0.2, 0.25) is 0 Å². The van der Waals surface area contributed by atoms with Gasteiger partial charge < -0.3 is 0 Å². The van der Waals surface area contributed by atoms with Gasteiger partial charge in [-0.15, -0.1) is 12.6 Å². The maximum absolute atomic E-state index is 4.57. The van der Waals surface area contributed by atoms with Gasteiger partial charge in [0, 0.05) is 17.0 Å². The van der Waals surface area contributed by atoms with Gasteiger partial charge in [0.25, 0.3) is 0 Å². The van der Waals surface area contributed by atoms with Gasteiger partial charge in [0.2, 0.25) is 0 Å². The summed E-state index contributed by atoms with van der Waals surface area (Å²) in [6, 6.07) is 7.94. The summed E-state index contributed by atoms with van der Waals surface area (Å²) >= 11 is 4.42. The van der Waals surface area contributed by atoms with E-state index in [2.05, 4.69) is 37.5 Å². The fourth-order valence-electron chi connectivity index (χ4n) is 2.75. The first-order valence-corrected chi connectivity index (χ1v) is 6.78. The summed E-state index contributed by atoms with van der Waals surface area (Å²) in [5.41, 5.74) is 2.55. The van der Waals surface area contributed by atoms with Crippen LogP contribution in [0.4, 0.5) is 5.69 Å². The van der Waals surface area contributed by atoms with E-state index < -0.39 is 0 Å². The third kappa shape index (κ3) is 1.83. The maximum Gasteiger partial charge on any atom is 0.0762 e. The van der Waals surface area contributed by atoms with E-state index in [0.717, 1.165) is 17.0 Å². The van der Waals surface area contributed by atoms with E-state index in [0.29, 0.717) is 5.41 Å². The normalized spacial score (nSPS) is 22.9. The highest BCUT2D eigenvalue weighted by atomic mass is 32.1. The number of benzene rings is 1. The van der Waals surface area contributed by atoms with Gasteiger partial charge in [-0.2, -0.15) is 0 Å². The Hall–Kier alpha value is -1.02. The van der Waals surface area contributed by atoms with Gasteiger partial charge in [-0.3, -0.25) is 4.99 Å². The molecular formula is C16H17NS. The van der Waals surface area contributed by atoms with Crippen LogP contribution < -0.4 is 0 Å². The Bertz CT molecular complexity index is 528. The Kier molecular flexibility index (Phi) is 2.86. The molecule has 0 spiro atoms. The molecule has 1 aromatic rings. The van der Waals surface area contributed by atoms with Crippen molar-refractivity contribution in [3.05, 3.63) is 47.8 Å². The second kappa shape index (κ2) is 4.27. The SMILES string of the molecule is CC1(C)[C]2CC=C(C=Nc3ccccc3S)[C]1C2. The summed E-state index contributed by atoms with van der Waals surface area (Å²) in [5, 5.41) is 0. The highest BCUT2D eigenvalue weighted by Gasteiger charge is 2.51. The van der Waals surface area contributed by atoms with Gasteiger partial charge in [0.15, 0.2) is 0 Å². The van der Waals surface area contributed by atoms with Crippen molar-refractivity contribution < 1.29 is 0 Å². The molecule has 2 heteroatoms. The van der Waals surface area contributed by atoms with Crippen LogP contribution in [0, 0.1) is 17.3 Å². The van der Waals surface area contributed by atoms with Gasteiger partial charge >= 0.3 is 0 Å². The van der Waals surface area contributed by atoms with Crippen LogP contribution in [-0.2, 0) is 0 Å². The molecule has 2 bridgehead atoms. The average Bonchev–Trinajstić information content (AvgIpc) is 2.38. The summed E-state index contributed by atoms with van der Waals surface area (Å²) in [6.07, 6.45) is 6.58. The van der Waals surface area contributed by atoms with Crippen LogP contribution in [0.25, 0.3) is 0 Å². The molecule has 18 heavy (non-hydrogen) atoms. The average molecular weight is 255 g/mol. The number of nitrogens with zero attached hydrogens (tertiary/aromatic N) is 1. The first-order chi connectivity index (χ1) is 8.59. The van der Waals surface area contributed by atoms with Gasteiger partial charge in [0.05, 0.1) is 5.69 Å². The molecule has 0 aromatic heterocycles. The summed E-state index contributed by atoms with van der Waals surface area (Å²) in [5.74, 6) is 3.19. The minimum absolute atomic E-state index is 0.302. The molecule has 0 saturated heterocycles. The van der Waals surface area contributed by atoms with Crippen LogP contribution >= 0.6 is 12.6 Å². The molecule has 1 nitrogen and oxygen atoms in total. The molecule has 0 heterocycles. The molecule has 1 saturated carbocycles. The lowest BCUT2D eigenvalue weighted by atomic mass is 9.49. The number of allylic oxidation sites excluding steroid dienone is 2. The van der Waals surface area contributed by atoms with Crippen molar-refractivity contribution in [1.82, 2.24) is 0 Å². The summed E-state index contributed by atoms with van der Waals surface area (Å²) in [4.78, 5) is 5.50. The predicted octanol–water partition coefficient (Wildman–Crippen LogP) is 4.59. The summed E-state index contributed by atoms with van der Waals surface area (Å²) in [6.45, 7) is 4.63. The van der Waals surface area contributed by atoms with Crippen LogP contribution in [0.3, 0.4) is 0 Å². The van der Waals surface area contributed by atoms with Crippen LogP contribution in [-0.4, -0.2) is 6.21 Å². The second-order valence-electron chi connectivity index (χ2n) is 5.49. The molecule has 3 aliphatic rings. The van der Waals surface area contributed by atoms with Crippen molar-refractivity contribution >= 4 is 24.5 Å². The Morgan fingerprint density at radius 3 is 2.72 bits per heavy atom. The number of para-hydroxylation sites is 1. The van der Waals surface area contributed by atoms with Crippen molar-refractivity contribution in [3.8, 4) is 0 Å². The van der Waals surface area contributed by atoms with Gasteiger partial charge in [-0.1, -0.05) is 32.1 Å². The molecule has 1 fully saturated rings. The van der Waals surface area contributed by atoms with Crippen molar-refractivity contribution in [2.45, 2.75) is 31.6 Å². The first-order valence-electron chi connectivity index (χ1n) is 6.33. The van der Waals surface area contributed by atoms with Gasteiger partial charge in [-0.25, -0.2) is 0 Å². The van der Waals surface area contributed by atoms with Crippen molar-refractivity contribution in [3.63, 3.8) is 0 Å². The predicted molar refractivity (Wildman–Crippen MR) is 79.4 cm³/mol. The molecule has 3 aliphatic carbocycles. The smallest absolute Gasteiger partial charge is 0.0762 e. The number of fused-ring (bicyclic) bond motifs is 1. The fraction of sp³-hybridized carbons (Fsp3) is 0.312. The molecule has 2 radical (unpaired) electrons. The zero-order chi connectivity index (χ0) is 12.8. The van der Waals surface area contributed by atoms with E-state index in [9.17, 15) is 0 Å². The molecular weight excluding hydrogens is 238 g/mol. The second-order valence-corrected chi connectivity index (χ2v) is 5.98. The molecule has 0 unspecified atom stereocenters. The monoisotopic (exact) mass is 255 g/mol. The highest BCUT2D eigenvalue weighted by Crippen LogP contribution is 2.61. The van der Waals surface area contributed by atoms with Crippen molar-refractivity contribution in [2.24, 2.45) is 10.4 Å². The van der Waals surface area contributed by atoms with Crippen molar-refractivity contribution in [2.75, 3.05) is 0 Å². The zero-order valence-corrected chi connectivity index (χ0v) is 11.7. The fourth-order valence-corrected chi connectivity index (χ4v) is 2.97. The Balaban J connectivity index is 1.82. The van der Waals surface area contributed by atoms with Crippen LogP contribution in [0.15, 0.2) is 45.8 Å². The Morgan fingerprint density at radius 2 is 2.06 bits per heavy atom. The van der Waals surface area contributed by atoms with E-state index in [4.69, 9.17) is 0 Å². The van der Waals surface area contributed by atoms with Crippen LogP contribution in [0.1, 0.15) is 26.7 Å². The minimum atomic E-state index is 0.302. The standard InChI is InChI=1S/C16H17NS/c1-16(2)12-8-7-11(13(16)9-12)10-17-14-5-3-4-6-15(14)18/h3-7,10,18H,8-9H2,1-2H3. The largest absolute Gasteiger partial charge is 0.255 e. The molecule has 4 rings (SSSR count). The highest BCUT2D eigenvalue weighted by molar-refractivity contribution is 7.80. The molecule has 0 N–H and O–H groups in total. The number of hydrogen-bond donors (Lipinski definition) is 1. The van der Waals surface area contributed by atoms with Gasteiger partial charge in [0.1, 0.15) is 0 Å². The lowest BCUT2D eigenvalue weighted by Gasteiger charge is -2.54. The number of thiol groups is 1. The van der Waals surface area contributed by atoms with E-state index >= 15 is 0 Å². The van der Waals surface area contributed by atoms with Crippen molar-refractivity contribution in [1.29, 1.82) is 0 Å². The molecule has 0 aliphatic heterocycles. The lowest BCUT2D eigenvalue weighted by molar-refractivity contribution is 0.277. The third-order valence-corrected chi connectivity index (χ3v) is 4.55. The number of rotatable bonds is 2. The molecule has 0 atom stereocenters. The quantitative estimate of drug-likeness (QED) is 0.586. The van der Waals surface area contributed by atoms with E-state index in [1.54, 1.807) is 5.92 Å². The molecule has 1 aromatic carbocycles. The Labute approximate surface area is 114 Å². The number of aliphatic imine (C=N–C) groups is 1. The lowest BCUT2D eigenvalue weighted by Crippen LogP contribution is -2.45. The Morgan fingerprint density at radius 1 is 1.28 bits per heavy atom. The summed E-state index contributed by atoms with van der Waals surface area (Å²) in [7, 11) is 0. The van der Waals surface area contributed by atoms with E-state index in [-0.39, 0.29) is 0 Å². The van der Waals surface area contributed by atoms with E-state index in [1.165, 1.54) is 17.9 Å². The number of hydrogen-bond acceptors (Lipinski definition) is 2. The van der Waals surface area contributed by atoms with E-state index in [1.807, 2.05) is 30.5 Å². The first kappa shape index (κ1) is 12.0.